The van der Waals surface area contributed by atoms with E-state index in [9.17, 15) is 9.59 Å². The summed E-state index contributed by atoms with van der Waals surface area (Å²) >= 11 is 0. The first-order valence-electron chi connectivity index (χ1n) is 10.9. The van der Waals surface area contributed by atoms with Crippen molar-refractivity contribution in [2.24, 2.45) is 7.05 Å². The molecule has 0 atom stereocenters. The van der Waals surface area contributed by atoms with Crippen molar-refractivity contribution in [3.63, 3.8) is 0 Å². The van der Waals surface area contributed by atoms with Gasteiger partial charge in [-0.15, -0.1) is 10.2 Å². The van der Waals surface area contributed by atoms with E-state index in [4.69, 9.17) is 28.3 Å². The molecule has 3 N–H and O–H groups in total. The fourth-order valence-electron chi connectivity index (χ4n) is 3.25. The maximum atomic E-state index is 12.8. The Hall–Kier alpha value is -4.03. The average molecular weight is 483 g/mol. The van der Waals surface area contributed by atoms with Crippen LogP contribution in [0.1, 0.15) is 23.8 Å². The van der Waals surface area contributed by atoms with Gasteiger partial charge in [0.1, 0.15) is 6.33 Å². The van der Waals surface area contributed by atoms with Crippen LogP contribution in [0.2, 0.25) is 0 Å². The van der Waals surface area contributed by atoms with E-state index in [1.807, 2.05) is 6.92 Å². The molecule has 0 aliphatic rings. The molecule has 12 nitrogen and oxygen atoms in total. The molecular weight excluding hydrogens is 459 g/mol. The topological polar surface area (TPSA) is 139 Å². The summed E-state index contributed by atoms with van der Waals surface area (Å²) in [5.41, 5.74) is 1.06. The molecule has 0 aliphatic carbocycles. The van der Waals surface area contributed by atoms with Gasteiger partial charge in [-0.25, -0.2) is 9.78 Å². The second-order valence-electron chi connectivity index (χ2n) is 7.98. The highest BCUT2D eigenvalue weighted by atomic mass is 16.5. The Morgan fingerprint density at radius 1 is 1.19 bits per heavy atom. The highest BCUT2D eigenvalue weighted by molar-refractivity contribution is 6.60. The summed E-state index contributed by atoms with van der Waals surface area (Å²) in [6.07, 6.45) is 2.34. The van der Waals surface area contributed by atoms with E-state index in [0.29, 0.717) is 29.4 Å². The third-order valence-corrected chi connectivity index (χ3v) is 4.81. The van der Waals surface area contributed by atoms with E-state index in [2.05, 4.69) is 36.2 Å². The average Bonchev–Trinajstić information content (AvgIpc) is 3.24. The number of carbonyl (C=O) groups is 2. The van der Waals surface area contributed by atoms with Crippen LogP contribution in [-0.2, 0) is 7.05 Å². The van der Waals surface area contributed by atoms with Crippen molar-refractivity contribution in [2.45, 2.75) is 18.6 Å². The lowest BCUT2D eigenvalue weighted by molar-refractivity contribution is 0.0947. The number of amides is 3. The van der Waals surface area contributed by atoms with Crippen molar-refractivity contribution in [2.75, 3.05) is 31.3 Å². The quantitative estimate of drug-likeness (QED) is 0.379. The van der Waals surface area contributed by atoms with Crippen molar-refractivity contribution in [1.82, 2.24) is 35.2 Å². The maximum Gasteiger partial charge on any atom is 0.322 e. The molecule has 2 aromatic heterocycles. The summed E-state index contributed by atoms with van der Waals surface area (Å²) in [5.74, 6) is 0.156. The zero-order valence-electron chi connectivity index (χ0n) is 20.4. The summed E-state index contributed by atoms with van der Waals surface area (Å²) in [4.78, 5) is 31.0. The fourth-order valence-corrected chi connectivity index (χ4v) is 3.25. The normalized spacial score (nSPS) is 11.0. The zero-order valence-corrected chi connectivity index (χ0v) is 20.4. The number of benzene rings is 1. The Balaban J connectivity index is 2.03. The van der Waals surface area contributed by atoms with Gasteiger partial charge in [0, 0.05) is 26.7 Å². The van der Waals surface area contributed by atoms with Gasteiger partial charge in [0.2, 0.25) is 0 Å². The van der Waals surface area contributed by atoms with Gasteiger partial charge >= 0.3 is 6.03 Å². The van der Waals surface area contributed by atoms with Crippen molar-refractivity contribution in [3.05, 3.63) is 36.3 Å². The van der Waals surface area contributed by atoms with Crippen molar-refractivity contribution in [3.8, 4) is 17.1 Å². The molecule has 0 spiro atoms. The van der Waals surface area contributed by atoms with E-state index in [0.717, 1.165) is 6.42 Å². The Labute approximate surface area is 212 Å². The van der Waals surface area contributed by atoms with Gasteiger partial charge in [-0.3, -0.25) is 14.8 Å². The standard InChI is InChI=1S/C21H24B3N9O3/c1-5-9-32(2)20(35)27-15-10-14(16(30-29-15)19(34)28-21(22,23)24)26-13-8-6-7-12(17(13)36-4)18-25-11-33(3)31-18/h6-8,10-11H,5,9H2,1-4H3,(H,28,34)(H2,26,27,29,35). The van der Waals surface area contributed by atoms with Crippen LogP contribution in [0.15, 0.2) is 30.6 Å². The van der Waals surface area contributed by atoms with Crippen LogP contribution in [0.25, 0.3) is 11.4 Å². The molecule has 1 aromatic carbocycles. The number of aromatic nitrogens is 5. The largest absolute Gasteiger partial charge is 0.494 e. The predicted octanol–water partition coefficient (Wildman–Crippen LogP) is 0.745. The molecule has 3 rings (SSSR count). The van der Waals surface area contributed by atoms with Crippen LogP contribution in [0, 0.1) is 0 Å². The molecule has 15 heteroatoms. The number of urea groups is 1. The molecule has 0 bridgehead atoms. The van der Waals surface area contributed by atoms with E-state index in [1.54, 1.807) is 43.3 Å². The fraction of sp³-hybridized carbons (Fsp3) is 0.333. The lowest BCUT2D eigenvalue weighted by atomic mass is 9.49. The number of anilines is 3. The minimum absolute atomic E-state index is 0.100. The van der Waals surface area contributed by atoms with Crippen LogP contribution < -0.4 is 20.7 Å². The Bertz CT molecular complexity index is 1250. The minimum atomic E-state index is -1.99. The van der Waals surface area contributed by atoms with Crippen molar-refractivity contribution < 1.29 is 14.3 Å². The minimum Gasteiger partial charge on any atom is -0.494 e. The molecular formula is C21H24B3N9O3. The summed E-state index contributed by atoms with van der Waals surface area (Å²) in [6, 6.07) is 6.33. The Kier molecular flexibility index (Phi) is 8.23. The van der Waals surface area contributed by atoms with Gasteiger partial charge in [-0.05, 0) is 18.6 Å². The molecule has 0 saturated heterocycles. The lowest BCUT2D eigenvalue weighted by Gasteiger charge is -2.23. The summed E-state index contributed by atoms with van der Waals surface area (Å²) in [5, 5.41) is 18.2. The van der Waals surface area contributed by atoms with Gasteiger partial charge in [0.05, 0.1) is 47.6 Å². The lowest BCUT2D eigenvalue weighted by Crippen LogP contribution is -2.50. The second-order valence-corrected chi connectivity index (χ2v) is 7.98. The first kappa shape index (κ1) is 26.6. The molecule has 2 heterocycles. The third-order valence-electron chi connectivity index (χ3n) is 4.81. The number of nitrogens with zero attached hydrogens (tertiary/aromatic N) is 6. The van der Waals surface area contributed by atoms with E-state index in [-0.39, 0.29) is 23.2 Å². The van der Waals surface area contributed by atoms with Crippen LogP contribution in [0.3, 0.4) is 0 Å². The highest BCUT2D eigenvalue weighted by Crippen LogP contribution is 2.37. The maximum absolute atomic E-state index is 12.8. The van der Waals surface area contributed by atoms with Gasteiger partial charge in [-0.2, -0.15) is 5.10 Å². The number of hydrogen-bond donors (Lipinski definition) is 3. The molecule has 0 fully saturated rings. The number of methoxy groups -OCH3 is 1. The third kappa shape index (κ3) is 6.55. The molecule has 0 unspecified atom stereocenters. The molecule has 36 heavy (non-hydrogen) atoms. The molecule has 0 saturated carbocycles. The molecule has 6 radical (unpaired) electrons. The summed E-state index contributed by atoms with van der Waals surface area (Å²) in [6.45, 7) is 2.50. The predicted molar refractivity (Wildman–Crippen MR) is 138 cm³/mol. The van der Waals surface area contributed by atoms with Crippen LogP contribution in [-0.4, -0.2) is 91.3 Å². The molecule has 3 aromatic rings. The van der Waals surface area contributed by atoms with Crippen LogP contribution in [0.4, 0.5) is 22.0 Å². The summed E-state index contributed by atoms with van der Waals surface area (Å²) in [7, 11) is 21.5. The Morgan fingerprint density at radius 3 is 2.56 bits per heavy atom. The SMILES string of the molecule is [B]C([B])([B])NC(=O)c1nnc(NC(=O)N(C)CCC)cc1Nc1cccc(-c2ncn(C)n2)c1OC. The first-order valence-corrected chi connectivity index (χ1v) is 10.9. The van der Waals surface area contributed by atoms with E-state index < -0.39 is 11.1 Å². The van der Waals surface area contributed by atoms with E-state index in [1.165, 1.54) is 18.1 Å². The summed E-state index contributed by atoms with van der Waals surface area (Å²) < 4.78 is 7.18. The molecule has 0 aliphatic heterocycles. The highest BCUT2D eigenvalue weighted by Gasteiger charge is 2.22. The number of nitrogens with one attached hydrogen (secondary N) is 3. The first-order chi connectivity index (χ1) is 17.0. The van der Waals surface area contributed by atoms with Crippen LogP contribution in [0.5, 0.6) is 5.75 Å². The molecule has 180 valence electrons. The number of para-hydroxylation sites is 1. The van der Waals surface area contributed by atoms with Crippen LogP contribution >= 0.6 is 0 Å². The number of ether oxygens (including phenoxy) is 1. The smallest absolute Gasteiger partial charge is 0.322 e. The number of carbonyl (C=O) groups excluding carboxylic acids is 2. The van der Waals surface area contributed by atoms with Gasteiger partial charge in [0.15, 0.2) is 23.1 Å². The zero-order chi connectivity index (χ0) is 26.5. The molecule has 3 amide bonds. The van der Waals surface area contributed by atoms with Gasteiger partial charge in [0.25, 0.3) is 5.91 Å². The Morgan fingerprint density at radius 2 is 1.94 bits per heavy atom. The monoisotopic (exact) mass is 483 g/mol. The number of hydrogen-bond acceptors (Lipinski definition) is 8. The van der Waals surface area contributed by atoms with Gasteiger partial charge < -0.3 is 20.3 Å². The van der Waals surface area contributed by atoms with Gasteiger partial charge in [-0.1, -0.05) is 18.2 Å². The second kappa shape index (κ2) is 11.1. The number of rotatable bonds is 9. The van der Waals surface area contributed by atoms with E-state index >= 15 is 0 Å². The van der Waals surface area contributed by atoms with Crippen molar-refractivity contribution >= 4 is 52.7 Å². The number of aryl methyl sites for hydroxylation is 1. The van der Waals surface area contributed by atoms with Crippen molar-refractivity contribution in [1.29, 1.82) is 0 Å².